The summed E-state index contributed by atoms with van der Waals surface area (Å²) in [4.78, 5) is 30.7. The molecule has 0 unspecified atom stereocenters. The number of benzene rings is 2. The predicted molar refractivity (Wildman–Crippen MR) is 142 cm³/mol. The molecule has 1 aliphatic heterocycles. The van der Waals surface area contributed by atoms with E-state index >= 15 is 0 Å². The molecule has 7 nitrogen and oxygen atoms in total. The highest BCUT2D eigenvalue weighted by molar-refractivity contribution is 7.14. The summed E-state index contributed by atoms with van der Waals surface area (Å²) in [5.41, 5.74) is 5.58. The lowest BCUT2D eigenvalue weighted by Gasteiger charge is -2.30. The Bertz CT molecular complexity index is 1290. The number of anilines is 2. The van der Waals surface area contributed by atoms with E-state index in [4.69, 9.17) is 14.5 Å². The second-order valence-electron chi connectivity index (χ2n) is 8.23. The number of hydrogen-bond acceptors (Lipinski definition) is 8. The van der Waals surface area contributed by atoms with Crippen molar-refractivity contribution in [1.82, 2.24) is 10.3 Å². The highest BCUT2D eigenvalue weighted by Crippen LogP contribution is 2.40. The summed E-state index contributed by atoms with van der Waals surface area (Å²) in [7, 11) is 0. The molecule has 0 saturated carbocycles. The van der Waals surface area contributed by atoms with Crippen LogP contribution < -0.4 is 10.6 Å². The number of allylic oxidation sites excluding steroid dienone is 2. The minimum Gasteiger partial charge on any atom is -0.463 e. The molecule has 2 aromatic carbocycles. The van der Waals surface area contributed by atoms with Gasteiger partial charge in [-0.25, -0.2) is 14.6 Å². The molecular formula is C28H29N3O4S. The monoisotopic (exact) mass is 503 g/mol. The molecule has 0 spiro atoms. The van der Waals surface area contributed by atoms with E-state index in [0.717, 1.165) is 27.6 Å². The molecule has 0 atom stereocenters. The predicted octanol–water partition coefficient (Wildman–Crippen LogP) is 5.91. The van der Waals surface area contributed by atoms with Crippen molar-refractivity contribution in [2.75, 3.05) is 18.5 Å². The summed E-state index contributed by atoms with van der Waals surface area (Å²) in [5, 5.41) is 9.27. The number of carbonyl (C=O) groups is 2. The van der Waals surface area contributed by atoms with Gasteiger partial charge in [0, 0.05) is 28.0 Å². The lowest BCUT2D eigenvalue weighted by molar-refractivity contribution is -0.139. The van der Waals surface area contributed by atoms with Gasteiger partial charge in [-0.05, 0) is 45.4 Å². The van der Waals surface area contributed by atoms with Crippen molar-refractivity contribution in [2.24, 2.45) is 0 Å². The summed E-state index contributed by atoms with van der Waals surface area (Å²) in [5.74, 6) is -1.57. The van der Waals surface area contributed by atoms with Crippen molar-refractivity contribution in [3.05, 3.63) is 88.1 Å². The zero-order valence-corrected chi connectivity index (χ0v) is 21.6. The van der Waals surface area contributed by atoms with Crippen LogP contribution in [0.2, 0.25) is 0 Å². The van der Waals surface area contributed by atoms with Crippen LogP contribution in [0.1, 0.15) is 39.2 Å². The fourth-order valence-electron chi connectivity index (χ4n) is 4.28. The van der Waals surface area contributed by atoms with Crippen molar-refractivity contribution >= 4 is 34.1 Å². The van der Waals surface area contributed by atoms with Crippen molar-refractivity contribution < 1.29 is 19.1 Å². The Labute approximate surface area is 214 Å². The SMILES string of the molecule is CCOC(=O)C1=C(C)NC(C)=C(C(=O)OCC)C1c1cccc(Nc2nc(-c3ccccc3)cs2)c1. The van der Waals surface area contributed by atoms with Crippen LogP contribution in [0.3, 0.4) is 0 Å². The lowest BCUT2D eigenvalue weighted by Crippen LogP contribution is -2.32. The van der Waals surface area contributed by atoms with E-state index in [1.165, 1.54) is 11.3 Å². The molecule has 8 heteroatoms. The van der Waals surface area contributed by atoms with Gasteiger partial charge in [-0.15, -0.1) is 11.3 Å². The molecule has 0 amide bonds. The van der Waals surface area contributed by atoms with Gasteiger partial charge < -0.3 is 20.1 Å². The third-order valence-electron chi connectivity index (χ3n) is 5.80. The van der Waals surface area contributed by atoms with Crippen molar-refractivity contribution in [2.45, 2.75) is 33.6 Å². The van der Waals surface area contributed by atoms with E-state index in [-0.39, 0.29) is 13.2 Å². The first kappa shape index (κ1) is 25.2. The zero-order chi connectivity index (χ0) is 25.7. The number of rotatable bonds is 8. The number of carbonyl (C=O) groups excluding carboxylic acids is 2. The Kier molecular flexibility index (Phi) is 7.85. The fraction of sp³-hybridized carbons (Fsp3) is 0.250. The summed E-state index contributed by atoms with van der Waals surface area (Å²) in [6.07, 6.45) is 0. The standard InChI is InChI=1S/C28H29N3O4S/c1-5-34-26(32)23-17(3)29-18(4)24(27(33)35-6-2)25(23)20-13-10-14-21(15-20)30-28-31-22(16-36-28)19-11-8-7-9-12-19/h7-16,25,29H,5-6H2,1-4H3,(H,30,31). The molecule has 2 N–H and O–H groups in total. The van der Waals surface area contributed by atoms with E-state index in [1.807, 2.05) is 73.8 Å². The van der Waals surface area contributed by atoms with E-state index in [9.17, 15) is 9.59 Å². The fourth-order valence-corrected chi connectivity index (χ4v) is 5.02. The maximum Gasteiger partial charge on any atom is 0.336 e. The Morgan fingerprint density at radius 3 is 2.19 bits per heavy atom. The van der Waals surface area contributed by atoms with Crippen LogP contribution in [0, 0.1) is 0 Å². The molecule has 0 bridgehead atoms. The first-order chi connectivity index (χ1) is 17.4. The summed E-state index contributed by atoms with van der Waals surface area (Å²) in [6, 6.07) is 17.6. The lowest BCUT2D eigenvalue weighted by atomic mass is 9.80. The Morgan fingerprint density at radius 1 is 0.944 bits per heavy atom. The molecule has 2 heterocycles. The van der Waals surface area contributed by atoms with Crippen LogP contribution in [-0.4, -0.2) is 30.1 Å². The number of nitrogens with zero attached hydrogens (tertiary/aromatic N) is 1. The van der Waals surface area contributed by atoms with Crippen LogP contribution >= 0.6 is 11.3 Å². The minimum absolute atomic E-state index is 0.231. The van der Waals surface area contributed by atoms with Gasteiger partial charge in [0.2, 0.25) is 0 Å². The average molecular weight is 504 g/mol. The molecule has 1 aliphatic rings. The molecule has 0 radical (unpaired) electrons. The van der Waals surface area contributed by atoms with Gasteiger partial charge in [-0.2, -0.15) is 0 Å². The van der Waals surface area contributed by atoms with E-state index in [1.54, 1.807) is 13.8 Å². The number of thiazole rings is 1. The van der Waals surface area contributed by atoms with Gasteiger partial charge in [-0.3, -0.25) is 0 Å². The molecule has 4 rings (SSSR count). The molecule has 0 aliphatic carbocycles. The van der Waals surface area contributed by atoms with E-state index < -0.39 is 17.9 Å². The van der Waals surface area contributed by atoms with Crippen LogP contribution in [0.5, 0.6) is 0 Å². The molecule has 3 aromatic rings. The minimum atomic E-state index is -0.637. The largest absolute Gasteiger partial charge is 0.463 e. The number of hydrogen-bond donors (Lipinski definition) is 2. The highest BCUT2D eigenvalue weighted by atomic mass is 32.1. The number of esters is 2. The van der Waals surface area contributed by atoms with Gasteiger partial charge in [0.05, 0.1) is 36.0 Å². The van der Waals surface area contributed by atoms with Crippen molar-refractivity contribution in [3.8, 4) is 11.3 Å². The van der Waals surface area contributed by atoms with Crippen molar-refractivity contribution in [3.63, 3.8) is 0 Å². The van der Waals surface area contributed by atoms with E-state index in [2.05, 4.69) is 10.6 Å². The molecule has 0 saturated heterocycles. The number of dihydropyridines is 1. The maximum atomic E-state index is 13.0. The van der Waals surface area contributed by atoms with Gasteiger partial charge in [0.25, 0.3) is 0 Å². The molecule has 186 valence electrons. The molecule has 0 fully saturated rings. The van der Waals surface area contributed by atoms with Gasteiger partial charge in [0.15, 0.2) is 5.13 Å². The van der Waals surface area contributed by atoms with Crippen LogP contribution in [0.4, 0.5) is 10.8 Å². The summed E-state index contributed by atoms with van der Waals surface area (Å²) >= 11 is 1.51. The van der Waals surface area contributed by atoms with Gasteiger partial charge >= 0.3 is 11.9 Å². The first-order valence-corrected chi connectivity index (χ1v) is 12.7. The highest BCUT2D eigenvalue weighted by Gasteiger charge is 2.38. The normalized spacial score (nSPS) is 13.9. The zero-order valence-electron chi connectivity index (χ0n) is 20.8. The second-order valence-corrected chi connectivity index (χ2v) is 9.09. The quantitative estimate of drug-likeness (QED) is 0.369. The molecule has 1 aromatic heterocycles. The third kappa shape index (κ3) is 5.33. The Balaban J connectivity index is 1.71. The third-order valence-corrected chi connectivity index (χ3v) is 6.55. The topological polar surface area (TPSA) is 89.5 Å². The maximum absolute atomic E-state index is 13.0. The van der Waals surface area contributed by atoms with Crippen molar-refractivity contribution in [1.29, 1.82) is 0 Å². The first-order valence-electron chi connectivity index (χ1n) is 11.8. The van der Waals surface area contributed by atoms with Crippen LogP contribution in [-0.2, 0) is 19.1 Å². The number of aromatic nitrogens is 1. The molecular weight excluding hydrogens is 474 g/mol. The smallest absolute Gasteiger partial charge is 0.336 e. The summed E-state index contributed by atoms with van der Waals surface area (Å²) in [6.45, 7) is 7.61. The second kappa shape index (κ2) is 11.2. The van der Waals surface area contributed by atoms with Gasteiger partial charge in [-0.1, -0.05) is 42.5 Å². The van der Waals surface area contributed by atoms with Crippen LogP contribution in [0.15, 0.2) is 82.5 Å². The molecule has 36 heavy (non-hydrogen) atoms. The summed E-state index contributed by atoms with van der Waals surface area (Å²) < 4.78 is 10.7. The Hall–Kier alpha value is -3.91. The van der Waals surface area contributed by atoms with E-state index in [0.29, 0.717) is 22.5 Å². The number of ether oxygens (including phenoxy) is 2. The Morgan fingerprint density at radius 2 is 1.58 bits per heavy atom. The van der Waals surface area contributed by atoms with Crippen LogP contribution in [0.25, 0.3) is 11.3 Å². The average Bonchev–Trinajstić information content (AvgIpc) is 3.33. The number of nitrogens with one attached hydrogen (secondary N) is 2. The van der Waals surface area contributed by atoms with Gasteiger partial charge in [0.1, 0.15) is 0 Å².